The third-order valence-corrected chi connectivity index (χ3v) is 9.25. The second kappa shape index (κ2) is 10.5. The summed E-state index contributed by atoms with van der Waals surface area (Å²) in [7, 11) is 0. The maximum atomic E-state index is 2.59. The van der Waals surface area contributed by atoms with Crippen LogP contribution in [0.3, 0.4) is 0 Å². The molecule has 0 aliphatic heterocycles. The Bertz CT molecular complexity index is 1130. The second-order valence-corrected chi connectivity index (χ2v) is 13.2. The molecule has 0 spiro atoms. The van der Waals surface area contributed by atoms with Gasteiger partial charge < -0.3 is 24.8 Å². The molecule has 0 nitrogen and oxygen atoms in total. The average molecular weight is 599 g/mol. The predicted molar refractivity (Wildman–Crippen MR) is 141 cm³/mol. The van der Waals surface area contributed by atoms with Gasteiger partial charge in [0.05, 0.1) is 0 Å². The zero-order chi connectivity index (χ0) is 23.1. The van der Waals surface area contributed by atoms with Crippen molar-refractivity contribution in [3.8, 4) is 11.1 Å². The number of fused-ring (bicyclic) bond motifs is 5. The van der Waals surface area contributed by atoms with Crippen LogP contribution in [0.4, 0.5) is 0 Å². The summed E-state index contributed by atoms with van der Waals surface area (Å²) in [6, 6.07) is 14.8. The van der Waals surface area contributed by atoms with E-state index in [0.29, 0.717) is 11.8 Å². The van der Waals surface area contributed by atoms with Gasteiger partial charge in [0.2, 0.25) is 0 Å². The van der Waals surface area contributed by atoms with Crippen LogP contribution in [0.5, 0.6) is 0 Å². The van der Waals surface area contributed by atoms with Crippen LogP contribution in [0.25, 0.3) is 11.1 Å². The van der Waals surface area contributed by atoms with Gasteiger partial charge in [-0.25, -0.2) is 0 Å². The van der Waals surface area contributed by atoms with Gasteiger partial charge in [-0.3, -0.25) is 0 Å². The molecule has 2 aromatic carbocycles. The van der Waals surface area contributed by atoms with Crippen LogP contribution in [-0.2, 0) is 37.0 Å². The summed E-state index contributed by atoms with van der Waals surface area (Å²) in [5, 5.41) is 0. The maximum Gasteiger partial charge on any atom is 2.00 e. The molecule has 3 unspecified atom stereocenters. The van der Waals surface area contributed by atoms with Crippen molar-refractivity contribution in [2.45, 2.75) is 90.4 Å². The Balaban J connectivity index is 0.00000120. The van der Waals surface area contributed by atoms with E-state index < -0.39 is 0 Å². The molecule has 3 heteroatoms. The maximum absolute atomic E-state index is 2.59. The van der Waals surface area contributed by atoms with Gasteiger partial charge in [-0.05, 0) is 86.8 Å². The average Bonchev–Trinajstić information content (AvgIpc) is 3.43. The van der Waals surface area contributed by atoms with Gasteiger partial charge in [-0.1, -0.05) is 109 Å². The molecule has 0 heterocycles. The van der Waals surface area contributed by atoms with Crippen molar-refractivity contribution in [3.63, 3.8) is 0 Å². The van der Waals surface area contributed by atoms with Crippen LogP contribution in [0.15, 0.2) is 59.7 Å². The van der Waals surface area contributed by atoms with Gasteiger partial charge in [-0.2, -0.15) is 0 Å². The van der Waals surface area contributed by atoms with Crippen LogP contribution in [-0.4, -0.2) is 0 Å². The second-order valence-electron chi connectivity index (χ2n) is 13.2. The third kappa shape index (κ3) is 4.69. The Kier molecular flexibility index (Phi) is 8.74. The van der Waals surface area contributed by atoms with E-state index in [1.54, 1.807) is 22.3 Å². The number of hydrogen-bond acceptors (Lipinski definition) is 0. The molecule has 0 bridgehead atoms. The molecule has 6 rings (SSSR count). The number of benzene rings is 2. The van der Waals surface area contributed by atoms with E-state index in [1.165, 1.54) is 54.4 Å². The number of rotatable bonds is 1. The molecular formula is C33H40Cl2Zr. The molecule has 0 radical (unpaired) electrons. The standard InChI is InChI=1S/C33H40.2ClH.Zr/c1-32(2,3)20-14-16-24-25-17-15-21(33(4,5)6)19-29(25)31(28(24)18-20)30-26-11-8-7-10-22(26)23-12-9-13-27(23)30;;;/h9,13-19,22,26,30-31H,7-8,10-12H2,1-6H3;2*1H;/q;;;+2/p-2. The van der Waals surface area contributed by atoms with Crippen LogP contribution in [0, 0.1) is 17.8 Å². The molecular weight excluding hydrogens is 558 g/mol. The van der Waals surface area contributed by atoms with Crippen molar-refractivity contribution in [1.82, 2.24) is 0 Å². The first-order valence-corrected chi connectivity index (χ1v) is 13.3. The van der Waals surface area contributed by atoms with Gasteiger partial charge in [0.25, 0.3) is 0 Å². The van der Waals surface area contributed by atoms with Crippen molar-refractivity contribution in [2.75, 3.05) is 0 Å². The predicted octanol–water partition coefficient (Wildman–Crippen LogP) is 3.09. The van der Waals surface area contributed by atoms with E-state index >= 15 is 0 Å². The monoisotopic (exact) mass is 596 g/mol. The molecule has 4 aliphatic rings. The van der Waals surface area contributed by atoms with Crippen LogP contribution in [0.1, 0.15) is 102 Å². The van der Waals surface area contributed by atoms with Crippen molar-refractivity contribution in [2.24, 2.45) is 17.8 Å². The first-order valence-electron chi connectivity index (χ1n) is 13.3. The molecule has 3 atom stereocenters. The van der Waals surface area contributed by atoms with Gasteiger partial charge in [0.1, 0.15) is 0 Å². The molecule has 0 N–H and O–H groups in total. The zero-order valence-electron chi connectivity index (χ0n) is 22.7. The van der Waals surface area contributed by atoms with Gasteiger partial charge in [0, 0.05) is 5.92 Å². The summed E-state index contributed by atoms with van der Waals surface area (Å²) in [5.41, 5.74) is 13.0. The molecule has 2 aromatic rings. The summed E-state index contributed by atoms with van der Waals surface area (Å²) < 4.78 is 0. The molecule has 0 amide bonds. The van der Waals surface area contributed by atoms with Gasteiger partial charge in [0.15, 0.2) is 0 Å². The normalized spacial score (nSPS) is 24.2. The Hall–Kier alpha value is -0.617. The number of halogens is 2. The summed E-state index contributed by atoms with van der Waals surface area (Å²) in [6.07, 6.45) is 11.9. The summed E-state index contributed by atoms with van der Waals surface area (Å²) in [5.74, 6) is 2.81. The largest absolute Gasteiger partial charge is 2.00 e. The summed E-state index contributed by atoms with van der Waals surface area (Å²) >= 11 is 0. The Morgan fingerprint density at radius 2 is 1.25 bits per heavy atom. The SMILES string of the molecule is CC(C)(C)c1ccc2c(c1)C(C1C3=C(CC=C3)C3CCCCC31)c1cc(C(C)(C)C)ccc1-2.[Cl-].[Cl-].[Zr+2]. The van der Waals surface area contributed by atoms with Crippen LogP contribution < -0.4 is 24.8 Å². The van der Waals surface area contributed by atoms with Crippen molar-refractivity contribution >= 4 is 0 Å². The van der Waals surface area contributed by atoms with Crippen molar-refractivity contribution in [1.29, 1.82) is 0 Å². The van der Waals surface area contributed by atoms with Crippen LogP contribution in [0.2, 0.25) is 0 Å². The molecule has 1 fully saturated rings. The minimum Gasteiger partial charge on any atom is -1.00 e. The van der Waals surface area contributed by atoms with E-state index in [1.807, 2.05) is 0 Å². The van der Waals surface area contributed by atoms with Crippen molar-refractivity contribution < 1.29 is 51.0 Å². The van der Waals surface area contributed by atoms with E-state index in [4.69, 9.17) is 0 Å². The number of allylic oxidation sites excluding steroid dienone is 4. The number of hydrogen-bond donors (Lipinski definition) is 0. The Morgan fingerprint density at radius 1 is 0.722 bits per heavy atom. The fraction of sp³-hybridized carbons (Fsp3) is 0.515. The molecule has 0 aromatic heterocycles. The third-order valence-electron chi connectivity index (χ3n) is 9.25. The van der Waals surface area contributed by atoms with Crippen molar-refractivity contribution in [3.05, 3.63) is 82.0 Å². The zero-order valence-corrected chi connectivity index (χ0v) is 26.7. The summed E-state index contributed by atoms with van der Waals surface area (Å²) in [6.45, 7) is 14.1. The van der Waals surface area contributed by atoms with E-state index in [9.17, 15) is 0 Å². The van der Waals surface area contributed by atoms with Gasteiger partial charge in [-0.15, -0.1) is 0 Å². The topological polar surface area (TPSA) is 0 Å². The first kappa shape index (κ1) is 29.9. The summed E-state index contributed by atoms with van der Waals surface area (Å²) in [4.78, 5) is 0. The first-order chi connectivity index (χ1) is 15.6. The smallest absolute Gasteiger partial charge is 1.00 e. The molecule has 4 aliphatic carbocycles. The molecule has 0 saturated heterocycles. The van der Waals surface area contributed by atoms with E-state index in [-0.39, 0.29) is 61.8 Å². The quantitative estimate of drug-likeness (QED) is 0.474. The molecule has 1 saturated carbocycles. The Morgan fingerprint density at radius 3 is 1.78 bits per heavy atom. The Labute approximate surface area is 250 Å². The van der Waals surface area contributed by atoms with Crippen LogP contribution >= 0.6 is 0 Å². The fourth-order valence-corrected chi connectivity index (χ4v) is 7.53. The van der Waals surface area contributed by atoms with E-state index in [0.717, 1.165) is 11.8 Å². The fourth-order valence-electron chi connectivity index (χ4n) is 7.53. The van der Waals surface area contributed by atoms with Gasteiger partial charge >= 0.3 is 26.2 Å². The minimum atomic E-state index is 0. The molecule has 36 heavy (non-hydrogen) atoms. The minimum absolute atomic E-state index is 0. The molecule has 190 valence electrons. The van der Waals surface area contributed by atoms with E-state index in [2.05, 4.69) is 90.1 Å².